The first-order valence-electron chi connectivity index (χ1n) is 25.7. The van der Waals surface area contributed by atoms with Gasteiger partial charge >= 0.3 is 29.8 Å². The second kappa shape index (κ2) is 40.5. The number of carboxylic acid groups (broad SMARTS) is 5. The Hall–Kier alpha value is -5.99. The quantitative estimate of drug-likeness (QED) is 0.0245. The summed E-state index contributed by atoms with van der Waals surface area (Å²) in [6.45, 7) is 5.65. The van der Waals surface area contributed by atoms with Crippen LogP contribution in [0.1, 0.15) is 40.0 Å². The molecule has 478 valence electrons. The van der Waals surface area contributed by atoms with Crippen LogP contribution in [0, 0.1) is 11.8 Å². The summed E-state index contributed by atoms with van der Waals surface area (Å²) >= 11 is 16.3. The van der Waals surface area contributed by atoms with E-state index in [1.807, 2.05) is 19.1 Å². The number of hydrogen-bond acceptors (Lipinski definition) is 15. The molecular formula is C57H65Br5F2N2O20S. The molecule has 5 aromatic carbocycles. The van der Waals surface area contributed by atoms with Crippen molar-refractivity contribution in [3.63, 3.8) is 0 Å². The molecule has 1 amide bonds. The molecule has 6 unspecified atom stereocenters. The lowest BCUT2D eigenvalue weighted by molar-refractivity contribution is -0.153. The average molecular weight is 1570 g/mol. The van der Waals surface area contributed by atoms with Gasteiger partial charge in [-0.05, 0) is 141 Å². The third kappa shape index (κ3) is 33.3. The SMILES string of the molecule is CC(=O)NCC(Oc1ccc(Br)cc1)C(=O)O.CCOC1CC(C(Oc2ccc(Br)cc2)C(=O)O)C1.COCC(C)C(Oc1ccc(Br)cc1)C(=O)O.CS(=O)(=O)NCC(Oc1ccc(Br)cc1)C(=O)O.O=C(O)C(CC(F)F)Oc1ccc(Br)cc1. The normalized spacial score (nSPS) is 15.1. The van der Waals surface area contributed by atoms with Crippen LogP contribution < -0.4 is 33.7 Å². The van der Waals surface area contributed by atoms with Gasteiger partial charge in [-0.1, -0.05) is 86.6 Å². The summed E-state index contributed by atoms with van der Waals surface area (Å²) in [5, 5.41) is 47.3. The zero-order valence-corrected chi connectivity index (χ0v) is 55.9. The van der Waals surface area contributed by atoms with Gasteiger partial charge in [0, 0.05) is 54.8 Å². The number of alkyl halides is 2. The van der Waals surface area contributed by atoms with Gasteiger partial charge in [0.05, 0.1) is 38.5 Å². The van der Waals surface area contributed by atoms with Crippen molar-refractivity contribution in [3.8, 4) is 28.7 Å². The minimum atomic E-state index is -3.45. The third-order valence-corrected chi connectivity index (χ3v) is 14.4. The highest BCUT2D eigenvalue weighted by Gasteiger charge is 2.41. The molecule has 0 bridgehead atoms. The summed E-state index contributed by atoms with van der Waals surface area (Å²) in [4.78, 5) is 65.5. The van der Waals surface area contributed by atoms with Crippen molar-refractivity contribution in [2.75, 3.05) is 39.7 Å². The molecule has 1 saturated carbocycles. The molecule has 5 aromatic rings. The highest BCUT2D eigenvalue weighted by atomic mass is 79.9. The zero-order chi connectivity index (χ0) is 65.4. The van der Waals surface area contributed by atoms with Crippen LogP contribution in [-0.4, -0.2) is 152 Å². The molecule has 87 heavy (non-hydrogen) atoms. The number of carboxylic acids is 5. The van der Waals surface area contributed by atoms with E-state index in [9.17, 15) is 51.1 Å². The zero-order valence-electron chi connectivity index (χ0n) is 47.1. The number of rotatable bonds is 28. The lowest BCUT2D eigenvalue weighted by Crippen LogP contribution is -2.45. The molecule has 0 heterocycles. The summed E-state index contributed by atoms with van der Waals surface area (Å²) < 4.78 is 89.1. The lowest BCUT2D eigenvalue weighted by atomic mass is 9.78. The molecule has 0 radical (unpaired) electrons. The molecule has 0 aliphatic heterocycles. The van der Waals surface area contributed by atoms with Crippen LogP contribution in [-0.2, 0) is 48.3 Å². The second-order valence-electron chi connectivity index (χ2n) is 18.3. The first kappa shape index (κ1) is 77.1. The molecule has 1 aliphatic rings. The first-order valence-corrected chi connectivity index (χ1v) is 31.6. The van der Waals surface area contributed by atoms with Gasteiger partial charge in [0.1, 0.15) is 28.7 Å². The predicted octanol–water partition coefficient (Wildman–Crippen LogP) is 10.8. The number of aliphatic carboxylic acids is 5. The van der Waals surface area contributed by atoms with E-state index in [0.717, 1.165) is 41.5 Å². The molecule has 1 aliphatic carbocycles. The van der Waals surface area contributed by atoms with Gasteiger partial charge < -0.3 is 64.0 Å². The van der Waals surface area contributed by atoms with Crippen molar-refractivity contribution < 1.29 is 105 Å². The number of nitrogens with one attached hydrogen (secondary N) is 2. The van der Waals surface area contributed by atoms with E-state index in [2.05, 4.69) is 89.7 Å². The van der Waals surface area contributed by atoms with Crippen molar-refractivity contribution in [1.82, 2.24) is 10.0 Å². The second-order valence-corrected chi connectivity index (χ2v) is 24.7. The van der Waals surface area contributed by atoms with E-state index >= 15 is 0 Å². The van der Waals surface area contributed by atoms with E-state index in [1.54, 1.807) is 104 Å². The predicted molar refractivity (Wildman–Crippen MR) is 332 cm³/mol. The van der Waals surface area contributed by atoms with Crippen LogP contribution in [0.5, 0.6) is 28.7 Å². The Bertz CT molecular complexity index is 3010. The van der Waals surface area contributed by atoms with Crippen molar-refractivity contribution >= 4 is 125 Å². The van der Waals surface area contributed by atoms with Gasteiger partial charge in [0.2, 0.25) is 40.7 Å². The Morgan fingerprint density at radius 3 is 1.20 bits per heavy atom. The van der Waals surface area contributed by atoms with Crippen LogP contribution >= 0.6 is 79.6 Å². The number of carbonyl (C=O) groups excluding carboxylic acids is 1. The maximum atomic E-state index is 12.1. The van der Waals surface area contributed by atoms with Gasteiger partial charge in [-0.15, -0.1) is 0 Å². The van der Waals surface area contributed by atoms with Crippen molar-refractivity contribution in [2.45, 2.75) is 83.1 Å². The summed E-state index contributed by atoms with van der Waals surface area (Å²) in [5.41, 5.74) is 0. The topological polar surface area (TPSA) is 326 Å². The maximum Gasteiger partial charge on any atom is 0.346 e. The van der Waals surface area contributed by atoms with Crippen molar-refractivity contribution in [1.29, 1.82) is 0 Å². The van der Waals surface area contributed by atoms with E-state index in [1.165, 1.54) is 26.2 Å². The van der Waals surface area contributed by atoms with Crippen molar-refractivity contribution in [2.24, 2.45) is 11.8 Å². The molecule has 7 N–H and O–H groups in total. The van der Waals surface area contributed by atoms with Crippen LogP contribution in [0.25, 0.3) is 0 Å². The number of hydrogen-bond donors (Lipinski definition) is 7. The van der Waals surface area contributed by atoms with Gasteiger partial charge in [-0.3, -0.25) is 4.79 Å². The van der Waals surface area contributed by atoms with Gasteiger partial charge in [-0.25, -0.2) is 45.9 Å². The van der Waals surface area contributed by atoms with Crippen LogP contribution in [0.4, 0.5) is 8.78 Å². The number of methoxy groups -OCH3 is 1. The standard InChI is InChI=1S/C14H17BrO4.C12H15BrO4.C11H12BrNO4.C10H9BrF2O3.C10H12BrNO5S/c1-2-18-12-7-9(8-12)13(14(16)17)19-11-5-3-10(15)4-6-11;1-8(7-16-2)11(12(14)15)17-10-5-3-9(13)4-6-10;1-7(14)13-6-10(11(15)16)17-9-4-2-8(12)3-5-9;11-6-1-3-7(4-2-6)16-8(10(14)15)5-9(12)13;1-18(15,16)12-6-9(10(13)14)17-8-4-2-7(11)3-5-8/h3-6,9,12-13H,2,7-8H2,1H3,(H,16,17);3-6,8,11H,7H2,1-2H3,(H,14,15);2-5,10H,6H2,1H3,(H,13,14)(H,15,16);1-4,8-9H,5H2,(H,14,15);2-5,9,12H,6H2,1H3,(H,13,14). The average Bonchev–Trinajstić information content (AvgIpc) is 2.92. The maximum absolute atomic E-state index is 12.1. The van der Waals surface area contributed by atoms with Gasteiger partial charge in [-0.2, -0.15) is 0 Å². The fourth-order valence-electron chi connectivity index (χ4n) is 6.87. The number of amides is 1. The van der Waals surface area contributed by atoms with E-state index < -0.39 is 83.2 Å². The number of benzene rings is 5. The monoisotopic (exact) mass is 1560 g/mol. The van der Waals surface area contributed by atoms with Crippen LogP contribution in [0.3, 0.4) is 0 Å². The minimum absolute atomic E-state index is 0.0256. The molecular weight excluding hydrogens is 1500 g/mol. The van der Waals surface area contributed by atoms with Crippen LogP contribution in [0.2, 0.25) is 0 Å². The Balaban J connectivity index is 0.000000371. The molecule has 0 spiro atoms. The molecule has 6 atom stereocenters. The molecule has 1 fully saturated rings. The number of ether oxygens (including phenoxy) is 7. The van der Waals surface area contributed by atoms with E-state index in [0.29, 0.717) is 36.2 Å². The first-order chi connectivity index (χ1) is 40.9. The summed E-state index contributed by atoms with van der Waals surface area (Å²) in [6.07, 6.45) is -6.50. The number of carbonyl (C=O) groups is 6. The molecule has 30 heteroatoms. The summed E-state index contributed by atoms with van der Waals surface area (Å²) in [7, 11) is -1.92. The van der Waals surface area contributed by atoms with Gasteiger partial charge in [0.15, 0.2) is 12.2 Å². The Morgan fingerprint density at radius 1 is 0.552 bits per heavy atom. The lowest BCUT2D eigenvalue weighted by Gasteiger charge is -2.38. The minimum Gasteiger partial charge on any atom is -0.479 e. The van der Waals surface area contributed by atoms with E-state index in [-0.39, 0.29) is 42.7 Å². The fourth-order valence-corrected chi connectivity index (χ4v) is 8.64. The molecule has 6 rings (SSSR count). The highest BCUT2D eigenvalue weighted by Crippen LogP contribution is 2.35. The Labute approximate surface area is 543 Å². The smallest absolute Gasteiger partial charge is 0.346 e. The highest BCUT2D eigenvalue weighted by molar-refractivity contribution is 9.11. The van der Waals surface area contributed by atoms with Gasteiger partial charge in [0.25, 0.3) is 0 Å². The number of sulfonamides is 1. The van der Waals surface area contributed by atoms with E-state index in [4.69, 9.17) is 53.6 Å². The van der Waals surface area contributed by atoms with Crippen molar-refractivity contribution in [3.05, 3.63) is 144 Å². The summed E-state index contributed by atoms with van der Waals surface area (Å²) in [5.74, 6) is -4.02. The number of halogens is 7. The molecule has 0 saturated heterocycles. The molecule has 22 nitrogen and oxygen atoms in total. The largest absolute Gasteiger partial charge is 0.479 e. The Morgan fingerprint density at radius 2 is 0.897 bits per heavy atom. The summed E-state index contributed by atoms with van der Waals surface area (Å²) in [6, 6.07) is 33.8. The fraction of sp³-hybridized carbons (Fsp3) is 0.368. The molecule has 0 aromatic heterocycles. The third-order valence-electron chi connectivity index (χ3n) is 11.1. The Kier molecular flexibility index (Phi) is 35.9. The van der Waals surface area contributed by atoms with Crippen LogP contribution in [0.15, 0.2) is 144 Å².